The summed E-state index contributed by atoms with van der Waals surface area (Å²) in [5.41, 5.74) is 2.41. The van der Waals surface area contributed by atoms with Crippen molar-refractivity contribution in [2.75, 3.05) is 20.2 Å². The highest BCUT2D eigenvalue weighted by Crippen LogP contribution is 2.26. The SMILES string of the molecule is COc1ccc(C(C)CC(=O)N2CCC(Cc3ccccc3C(=O)O)CC2)cc1. The Morgan fingerprint density at radius 3 is 2.38 bits per heavy atom. The largest absolute Gasteiger partial charge is 0.497 e. The predicted molar refractivity (Wildman–Crippen MR) is 112 cm³/mol. The van der Waals surface area contributed by atoms with E-state index >= 15 is 0 Å². The van der Waals surface area contributed by atoms with Crippen LogP contribution in [-0.4, -0.2) is 42.1 Å². The lowest BCUT2D eigenvalue weighted by molar-refractivity contribution is -0.132. The Hall–Kier alpha value is -2.82. The van der Waals surface area contributed by atoms with Gasteiger partial charge in [-0.25, -0.2) is 4.79 Å². The first kappa shape index (κ1) is 20.9. The fraction of sp³-hybridized carbons (Fsp3) is 0.417. The monoisotopic (exact) mass is 395 g/mol. The van der Waals surface area contributed by atoms with Gasteiger partial charge in [0.15, 0.2) is 0 Å². The highest BCUT2D eigenvalue weighted by Gasteiger charge is 2.25. The Kier molecular flexibility index (Phi) is 6.91. The first-order valence-electron chi connectivity index (χ1n) is 10.2. The maximum absolute atomic E-state index is 12.7. The molecule has 3 rings (SSSR count). The molecule has 1 N–H and O–H groups in total. The second-order valence-corrected chi connectivity index (χ2v) is 7.87. The van der Waals surface area contributed by atoms with E-state index < -0.39 is 5.97 Å². The molecule has 1 aliphatic rings. The number of likely N-dealkylation sites (tertiary alicyclic amines) is 1. The van der Waals surface area contributed by atoms with E-state index in [9.17, 15) is 14.7 Å². The van der Waals surface area contributed by atoms with E-state index in [0.29, 0.717) is 17.9 Å². The molecule has 1 fully saturated rings. The van der Waals surface area contributed by atoms with Crippen molar-refractivity contribution in [3.8, 4) is 5.75 Å². The fourth-order valence-corrected chi connectivity index (χ4v) is 4.05. The van der Waals surface area contributed by atoms with Crippen molar-refractivity contribution in [2.24, 2.45) is 5.92 Å². The molecule has 154 valence electrons. The quantitative estimate of drug-likeness (QED) is 0.756. The zero-order chi connectivity index (χ0) is 20.8. The molecule has 2 aromatic rings. The maximum Gasteiger partial charge on any atom is 0.335 e. The van der Waals surface area contributed by atoms with Gasteiger partial charge in [0.1, 0.15) is 5.75 Å². The first-order valence-corrected chi connectivity index (χ1v) is 10.2. The van der Waals surface area contributed by atoms with E-state index in [-0.39, 0.29) is 11.8 Å². The summed E-state index contributed by atoms with van der Waals surface area (Å²) in [6, 6.07) is 15.1. The van der Waals surface area contributed by atoms with Crippen molar-refractivity contribution in [3.63, 3.8) is 0 Å². The predicted octanol–water partition coefficient (Wildman–Crippen LogP) is 4.37. The Morgan fingerprint density at radius 2 is 1.76 bits per heavy atom. The summed E-state index contributed by atoms with van der Waals surface area (Å²) in [7, 11) is 1.64. The van der Waals surface area contributed by atoms with Crippen molar-refractivity contribution in [2.45, 2.75) is 38.5 Å². The molecule has 1 aliphatic heterocycles. The average molecular weight is 395 g/mol. The zero-order valence-electron chi connectivity index (χ0n) is 17.1. The molecule has 1 amide bonds. The van der Waals surface area contributed by atoms with Crippen LogP contribution in [0.3, 0.4) is 0 Å². The molecule has 0 radical (unpaired) electrons. The third-order valence-electron chi connectivity index (χ3n) is 5.89. The Balaban J connectivity index is 1.51. The number of methoxy groups -OCH3 is 1. The number of nitrogens with zero attached hydrogens (tertiary/aromatic N) is 1. The van der Waals surface area contributed by atoms with E-state index in [1.165, 1.54) is 0 Å². The maximum atomic E-state index is 12.7. The van der Waals surface area contributed by atoms with Crippen molar-refractivity contribution in [1.29, 1.82) is 0 Å². The molecule has 29 heavy (non-hydrogen) atoms. The van der Waals surface area contributed by atoms with E-state index in [2.05, 4.69) is 6.92 Å². The number of rotatable bonds is 7. The summed E-state index contributed by atoms with van der Waals surface area (Å²) in [5.74, 6) is 0.712. The normalized spacial score (nSPS) is 15.7. The first-order chi connectivity index (χ1) is 14.0. The van der Waals surface area contributed by atoms with Crippen LogP contribution >= 0.6 is 0 Å². The van der Waals surface area contributed by atoms with Gasteiger partial charge in [-0.05, 0) is 60.4 Å². The van der Waals surface area contributed by atoms with Gasteiger partial charge in [0.25, 0.3) is 0 Å². The smallest absolute Gasteiger partial charge is 0.335 e. The summed E-state index contributed by atoms with van der Waals surface area (Å²) < 4.78 is 5.19. The van der Waals surface area contributed by atoms with Crippen LogP contribution in [0, 0.1) is 5.92 Å². The van der Waals surface area contributed by atoms with Crippen LogP contribution in [0.15, 0.2) is 48.5 Å². The fourth-order valence-electron chi connectivity index (χ4n) is 4.05. The van der Waals surface area contributed by atoms with Gasteiger partial charge < -0.3 is 14.7 Å². The van der Waals surface area contributed by atoms with Gasteiger partial charge in [0.05, 0.1) is 12.7 Å². The van der Waals surface area contributed by atoms with Crippen molar-refractivity contribution in [1.82, 2.24) is 4.90 Å². The molecule has 0 aliphatic carbocycles. The van der Waals surface area contributed by atoms with Crippen LogP contribution in [0.25, 0.3) is 0 Å². The molecule has 5 nitrogen and oxygen atoms in total. The highest BCUT2D eigenvalue weighted by atomic mass is 16.5. The minimum absolute atomic E-state index is 0.161. The number of carboxylic acids is 1. The molecular weight excluding hydrogens is 366 g/mol. The van der Waals surface area contributed by atoms with Crippen molar-refractivity contribution in [3.05, 3.63) is 65.2 Å². The number of hydrogen-bond acceptors (Lipinski definition) is 3. The molecule has 0 bridgehead atoms. The van der Waals surface area contributed by atoms with Crippen LogP contribution < -0.4 is 4.74 Å². The van der Waals surface area contributed by atoms with Gasteiger partial charge in [-0.15, -0.1) is 0 Å². The Bertz CT molecular complexity index is 838. The van der Waals surface area contributed by atoms with Gasteiger partial charge in [-0.2, -0.15) is 0 Å². The summed E-state index contributed by atoms with van der Waals surface area (Å²) >= 11 is 0. The van der Waals surface area contributed by atoms with Crippen LogP contribution in [0.4, 0.5) is 0 Å². The number of benzene rings is 2. The molecule has 0 saturated carbocycles. The van der Waals surface area contributed by atoms with Crippen LogP contribution in [0.1, 0.15) is 53.6 Å². The van der Waals surface area contributed by atoms with Crippen LogP contribution in [0.2, 0.25) is 0 Å². The number of carboxylic acid groups (broad SMARTS) is 1. The molecule has 0 spiro atoms. The number of carbonyl (C=O) groups is 2. The summed E-state index contributed by atoms with van der Waals surface area (Å²) in [5, 5.41) is 9.36. The number of ether oxygens (including phenoxy) is 1. The molecule has 0 aromatic heterocycles. The third kappa shape index (κ3) is 5.37. The highest BCUT2D eigenvalue weighted by molar-refractivity contribution is 5.89. The Morgan fingerprint density at radius 1 is 1.10 bits per heavy atom. The standard InChI is InChI=1S/C24H29NO4/c1-17(19-7-9-21(29-2)10-8-19)15-23(26)25-13-11-18(12-14-25)16-20-5-3-4-6-22(20)24(27)28/h3-10,17-18H,11-16H2,1-2H3,(H,27,28). The van der Waals surface area contributed by atoms with Gasteiger partial charge in [-0.3, -0.25) is 4.79 Å². The van der Waals surface area contributed by atoms with E-state index in [1.54, 1.807) is 19.2 Å². The van der Waals surface area contributed by atoms with Crippen LogP contribution in [0.5, 0.6) is 5.75 Å². The third-order valence-corrected chi connectivity index (χ3v) is 5.89. The minimum atomic E-state index is -0.874. The molecule has 1 unspecified atom stereocenters. The second-order valence-electron chi connectivity index (χ2n) is 7.87. The van der Waals surface area contributed by atoms with Crippen LogP contribution in [-0.2, 0) is 11.2 Å². The topological polar surface area (TPSA) is 66.8 Å². The summed E-state index contributed by atoms with van der Waals surface area (Å²) in [6.07, 6.45) is 3.08. The lowest BCUT2D eigenvalue weighted by Gasteiger charge is -2.33. The molecule has 1 atom stereocenters. The van der Waals surface area contributed by atoms with Crippen molar-refractivity contribution >= 4 is 11.9 Å². The van der Waals surface area contributed by atoms with E-state index in [0.717, 1.165) is 49.2 Å². The van der Waals surface area contributed by atoms with Gasteiger partial charge >= 0.3 is 5.97 Å². The number of piperidine rings is 1. The number of hydrogen-bond donors (Lipinski definition) is 1. The molecule has 1 heterocycles. The summed E-state index contributed by atoms with van der Waals surface area (Å²) in [6.45, 7) is 3.57. The van der Waals surface area contributed by atoms with E-state index in [4.69, 9.17) is 4.74 Å². The number of amides is 1. The van der Waals surface area contributed by atoms with Gasteiger partial charge in [0, 0.05) is 19.5 Å². The lowest BCUT2D eigenvalue weighted by Crippen LogP contribution is -2.39. The van der Waals surface area contributed by atoms with Gasteiger partial charge in [-0.1, -0.05) is 37.3 Å². The van der Waals surface area contributed by atoms with E-state index in [1.807, 2.05) is 41.3 Å². The molecule has 1 saturated heterocycles. The zero-order valence-corrected chi connectivity index (χ0v) is 17.1. The number of carbonyl (C=O) groups excluding carboxylic acids is 1. The van der Waals surface area contributed by atoms with Crippen molar-refractivity contribution < 1.29 is 19.4 Å². The number of aromatic carboxylic acids is 1. The Labute approximate surface area is 172 Å². The molecular formula is C24H29NO4. The second kappa shape index (κ2) is 9.59. The minimum Gasteiger partial charge on any atom is -0.497 e. The van der Waals surface area contributed by atoms with Gasteiger partial charge in [0.2, 0.25) is 5.91 Å². The summed E-state index contributed by atoms with van der Waals surface area (Å²) in [4.78, 5) is 26.1. The molecule has 2 aromatic carbocycles. The molecule has 5 heteroatoms. The lowest BCUT2D eigenvalue weighted by atomic mass is 9.88. The average Bonchev–Trinajstić information content (AvgIpc) is 2.74.